The van der Waals surface area contributed by atoms with Crippen LogP contribution in [0.2, 0.25) is 0 Å². The second-order valence-electron chi connectivity index (χ2n) is 8.03. The number of methoxy groups -OCH3 is 1. The molecule has 0 aromatic heterocycles. The zero-order valence-electron chi connectivity index (χ0n) is 16.8. The summed E-state index contributed by atoms with van der Waals surface area (Å²) in [5.74, 6) is -0.640. The summed E-state index contributed by atoms with van der Waals surface area (Å²) < 4.78 is 5.22. The summed E-state index contributed by atoms with van der Waals surface area (Å²) in [7, 11) is 1.58. The number of ketones is 1. The Balaban J connectivity index is 2.18. The van der Waals surface area contributed by atoms with Gasteiger partial charge in [-0.2, -0.15) is 0 Å². The van der Waals surface area contributed by atoms with E-state index < -0.39 is 23.1 Å². The van der Waals surface area contributed by atoms with Gasteiger partial charge in [0.2, 0.25) is 0 Å². The highest BCUT2D eigenvalue weighted by atomic mass is 16.5. The minimum atomic E-state index is -0.738. The van der Waals surface area contributed by atoms with Crippen molar-refractivity contribution in [3.05, 3.63) is 71.0 Å². The summed E-state index contributed by atoms with van der Waals surface area (Å²) in [5, 5.41) is 10.7. The van der Waals surface area contributed by atoms with E-state index >= 15 is 0 Å². The van der Waals surface area contributed by atoms with Crippen LogP contribution in [0.4, 0.5) is 5.69 Å². The van der Waals surface area contributed by atoms with Crippen LogP contribution in [-0.4, -0.2) is 23.9 Å². The number of nitrogens with zero attached hydrogens (tertiary/aromatic N) is 1. The SMILES string of the molecule is COc1ccc([C@@H]2C(C(=O)C(C)(C)C)=C(O)C(=O)N2c2ccc(C)cc2)cc1. The molecule has 1 heterocycles. The van der Waals surface area contributed by atoms with Gasteiger partial charge in [0.25, 0.3) is 5.91 Å². The Morgan fingerprint density at radius 1 is 1.04 bits per heavy atom. The molecule has 1 aliphatic heterocycles. The van der Waals surface area contributed by atoms with E-state index in [9.17, 15) is 14.7 Å². The first-order valence-electron chi connectivity index (χ1n) is 9.17. The number of carbonyl (C=O) groups is 2. The Bertz CT molecular complexity index is 934. The molecule has 146 valence electrons. The van der Waals surface area contributed by atoms with Gasteiger partial charge < -0.3 is 9.84 Å². The molecule has 0 unspecified atom stereocenters. The van der Waals surface area contributed by atoms with E-state index in [-0.39, 0.29) is 11.4 Å². The lowest BCUT2D eigenvalue weighted by Crippen LogP contribution is -2.32. The van der Waals surface area contributed by atoms with E-state index in [1.165, 1.54) is 4.90 Å². The minimum absolute atomic E-state index is 0.128. The number of aryl methyl sites for hydroxylation is 1. The highest BCUT2D eigenvalue weighted by molar-refractivity contribution is 6.17. The fourth-order valence-electron chi connectivity index (χ4n) is 3.31. The van der Waals surface area contributed by atoms with Gasteiger partial charge in [0.05, 0.1) is 18.7 Å². The first-order valence-corrected chi connectivity index (χ1v) is 9.17. The van der Waals surface area contributed by atoms with Crippen molar-refractivity contribution in [1.82, 2.24) is 0 Å². The predicted molar refractivity (Wildman–Crippen MR) is 109 cm³/mol. The summed E-state index contributed by atoms with van der Waals surface area (Å²) in [6, 6.07) is 13.9. The number of carbonyl (C=O) groups excluding carboxylic acids is 2. The Labute approximate surface area is 165 Å². The van der Waals surface area contributed by atoms with Crippen LogP contribution in [-0.2, 0) is 9.59 Å². The molecule has 1 atom stereocenters. The Kier molecular flexibility index (Phi) is 5.02. The van der Waals surface area contributed by atoms with E-state index in [1.807, 2.05) is 43.3 Å². The number of ether oxygens (including phenoxy) is 1. The van der Waals surface area contributed by atoms with Crippen molar-refractivity contribution in [2.75, 3.05) is 12.0 Å². The maximum Gasteiger partial charge on any atom is 0.294 e. The third kappa shape index (κ3) is 3.40. The van der Waals surface area contributed by atoms with Crippen molar-refractivity contribution in [3.8, 4) is 5.75 Å². The highest BCUT2D eigenvalue weighted by Gasteiger charge is 2.46. The molecule has 5 nitrogen and oxygen atoms in total. The molecule has 0 saturated carbocycles. The third-order valence-electron chi connectivity index (χ3n) is 4.88. The third-order valence-corrected chi connectivity index (χ3v) is 4.88. The number of Topliss-reactive ketones (excluding diaryl/α,β-unsaturated/α-hetero) is 1. The van der Waals surface area contributed by atoms with Gasteiger partial charge in [-0.25, -0.2) is 0 Å². The molecule has 0 bridgehead atoms. The molecule has 5 heteroatoms. The lowest BCUT2D eigenvalue weighted by Gasteiger charge is -2.29. The lowest BCUT2D eigenvalue weighted by molar-refractivity contribution is -0.123. The number of benzene rings is 2. The molecule has 0 saturated heterocycles. The van der Waals surface area contributed by atoms with E-state index in [4.69, 9.17) is 4.74 Å². The van der Waals surface area contributed by atoms with E-state index in [2.05, 4.69) is 0 Å². The van der Waals surface area contributed by atoms with Gasteiger partial charge >= 0.3 is 0 Å². The smallest absolute Gasteiger partial charge is 0.294 e. The number of hydrogen-bond acceptors (Lipinski definition) is 4. The highest BCUT2D eigenvalue weighted by Crippen LogP contribution is 2.43. The molecule has 1 N–H and O–H groups in total. The van der Waals surface area contributed by atoms with Gasteiger partial charge in [0.1, 0.15) is 5.75 Å². The Hall–Kier alpha value is -3.08. The number of anilines is 1. The normalized spacial score (nSPS) is 17.2. The second kappa shape index (κ2) is 7.15. The Morgan fingerprint density at radius 3 is 2.11 bits per heavy atom. The fraction of sp³-hybridized carbons (Fsp3) is 0.304. The summed E-state index contributed by atoms with van der Waals surface area (Å²) in [5.41, 5.74) is 1.80. The van der Waals surface area contributed by atoms with Crippen molar-refractivity contribution in [1.29, 1.82) is 0 Å². The number of amides is 1. The minimum Gasteiger partial charge on any atom is -0.503 e. The topological polar surface area (TPSA) is 66.8 Å². The van der Waals surface area contributed by atoms with Gasteiger partial charge in [-0.05, 0) is 36.8 Å². The van der Waals surface area contributed by atoms with Crippen LogP contribution in [0.1, 0.15) is 37.9 Å². The predicted octanol–water partition coefficient (Wildman–Crippen LogP) is 4.52. The zero-order valence-corrected chi connectivity index (χ0v) is 16.8. The van der Waals surface area contributed by atoms with E-state index in [0.717, 1.165) is 11.1 Å². The number of rotatable bonds is 4. The molecular weight excluding hydrogens is 354 g/mol. The van der Waals surface area contributed by atoms with Gasteiger partial charge in [-0.3, -0.25) is 14.5 Å². The molecule has 3 rings (SSSR count). The van der Waals surface area contributed by atoms with Crippen molar-refractivity contribution >= 4 is 17.4 Å². The second-order valence-corrected chi connectivity index (χ2v) is 8.03. The molecule has 28 heavy (non-hydrogen) atoms. The lowest BCUT2D eigenvalue weighted by atomic mass is 9.82. The molecule has 0 fully saturated rings. The van der Waals surface area contributed by atoms with Crippen LogP contribution in [0, 0.1) is 12.3 Å². The monoisotopic (exact) mass is 379 g/mol. The summed E-state index contributed by atoms with van der Waals surface area (Å²) in [6.45, 7) is 7.29. The average molecular weight is 379 g/mol. The molecule has 0 radical (unpaired) electrons. The van der Waals surface area contributed by atoms with Gasteiger partial charge in [0, 0.05) is 11.1 Å². The first-order chi connectivity index (χ1) is 13.1. The molecule has 1 amide bonds. The maximum atomic E-state index is 13.1. The average Bonchev–Trinajstić information content (AvgIpc) is 2.92. The molecule has 2 aromatic carbocycles. The van der Waals surface area contributed by atoms with Crippen LogP contribution >= 0.6 is 0 Å². The van der Waals surface area contributed by atoms with Crippen molar-refractivity contribution in [3.63, 3.8) is 0 Å². The number of aliphatic hydroxyl groups is 1. The van der Waals surface area contributed by atoms with Crippen molar-refractivity contribution in [2.24, 2.45) is 5.41 Å². The molecule has 2 aromatic rings. The fourth-order valence-corrected chi connectivity index (χ4v) is 3.31. The van der Waals surface area contributed by atoms with Gasteiger partial charge in [0.15, 0.2) is 11.5 Å². The van der Waals surface area contributed by atoms with Crippen molar-refractivity contribution in [2.45, 2.75) is 33.7 Å². The zero-order chi connectivity index (χ0) is 20.6. The van der Waals surface area contributed by atoms with Gasteiger partial charge in [-0.1, -0.05) is 50.6 Å². The summed E-state index contributed by atoms with van der Waals surface area (Å²) in [6.07, 6.45) is 0. The molecule has 1 aliphatic rings. The van der Waals surface area contributed by atoms with Gasteiger partial charge in [-0.15, -0.1) is 0 Å². The van der Waals surface area contributed by atoms with E-state index in [1.54, 1.807) is 40.0 Å². The quantitative estimate of drug-likeness (QED) is 0.848. The Morgan fingerprint density at radius 2 is 1.61 bits per heavy atom. The van der Waals surface area contributed by atoms with Crippen LogP contribution in [0.25, 0.3) is 0 Å². The number of aliphatic hydroxyl groups excluding tert-OH is 1. The van der Waals surface area contributed by atoms with Crippen LogP contribution in [0.15, 0.2) is 59.9 Å². The summed E-state index contributed by atoms with van der Waals surface area (Å²) >= 11 is 0. The van der Waals surface area contributed by atoms with Crippen molar-refractivity contribution < 1.29 is 19.4 Å². The van der Waals surface area contributed by atoms with Crippen LogP contribution in [0.3, 0.4) is 0 Å². The van der Waals surface area contributed by atoms with E-state index in [0.29, 0.717) is 11.4 Å². The van der Waals surface area contributed by atoms with Crippen LogP contribution < -0.4 is 9.64 Å². The number of hydrogen-bond donors (Lipinski definition) is 1. The first kappa shape index (κ1) is 19.7. The maximum absolute atomic E-state index is 13.1. The van der Waals surface area contributed by atoms with Crippen LogP contribution in [0.5, 0.6) is 5.75 Å². The standard InChI is InChI=1S/C23H25NO4/c1-14-6-10-16(11-7-14)24-19(15-8-12-17(28-5)13-9-15)18(20(25)22(24)27)21(26)23(2,3)4/h6-13,19,25H,1-5H3/t19-/m1/s1. The summed E-state index contributed by atoms with van der Waals surface area (Å²) in [4.78, 5) is 27.6. The largest absolute Gasteiger partial charge is 0.503 e. The molecular formula is C23H25NO4. The molecule has 0 spiro atoms. The molecule has 0 aliphatic carbocycles.